The molecule has 0 N–H and O–H groups in total. The maximum Gasteiger partial charge on any atom is 0.292 e. The molecule has 0 radical (unpaired) electrons. The third kappa shape index (κ3) is 1.47. The minimum atomic E-state index is -1.62. The van der Waals surface area contributed by atoms with Gasteiger partial charge in [0.1, 0.15) is 0 Å². The van der Waals surface area contributed by atoms with Gasteiger partial charge in [0.25, 0.3) is 14.3 Å². The van der Waals surface area contributed by atoms with Crippen molar-refractivity contribution < 1.29 is 9.22 Å². The fourth-order valence-electron chi connectivity index (χ4n) is 1.19. The molecule has 56 valence electrons. The van der Waals surface area contributed by atoms with Crippen LogP contribution in [0, 0.1) is 0 Å². The summed E-state index contributed by atoms with van der Waals surface area (Å²) in [6, 6.07) is 1.87. The molecular formula is C7H12O2Si. The van der Waals surface area contributed by atoms with Gasteiger partial charge < -0.3 is 4.43 Å². The lowest BCUT2D eigenvalue weighted by atomic mass is 10.5. The van der Waals surface area contributed by atoms with Crippen LogP contribution in [-0.4, -0.2) is 14.3 Å². The van der Waals surface area contributed by atoms with E-state index in [9.17, 15) is 4.79 Å². The summed E-state index contributed by atoms with van der Waals surface area (Å²) in [6.45, 7) is 5.72. The predicted octanol–water partition coefficient (Wildman–Crippen LogP) is 1.69. The minimum absolute atomic E-state index is 0.0176. The molecule has 1 saturated heterocycles. The molecule has 1 atom stereocenters. The van der Waals surface area contributed by atoms with E-state index in [1.54, 1.807) is 0 Å². The summed E-state index contributed by atoms with van der Waals surface area (Å²) in [7, 11) is -1.62. The third-order valence-electron chi connectivity index (χ3n) is 1.79. The van der Waals surface area contributed by atoms with Crippen LogP contribution >= 0.6 is 0 Å². The molecule has 0 aliphatic carbocycles. The quantitative estimate of drug-likeness (QED) is 0.449. The maximum absolute atomic E-state index is 10.7. The molecular weight excluding hydrogens is 144 g/mol. The highest BCUT2D eigenvalue weighted by molar-refractivity contribution is 6.75. The lowest BCUT2D eigenvalue weighted by Gasteiger charge is -2.16. The van der Waals surface area contributed by atoms with Gasteiger partial charge in [0.05, 0.1) is 0 Å². The number of allylic oxidation sites excluding steroid dienone is 1. The molecule has 1 heterocycles. The van der Waals surface area contributed by atoms with Gasteiger partial charge in [-0.2, -0.15) is 0 Å². The number of rotatable bonds is 2. The highest BCUT2D eigenvalue weighted by Gasteiger charge is 2.37. The average Bonchev–Trinajstić information content (AvgIpc) is 2.12. The first-order chi connectivity index (χ1) is 4.66. The van der Waals surface area contributed by atoms with E-state index in [0.717, 1.165) is 12.1 Å². The van der Waals surface area contributed by atoms with Crippen molar-refractivity contribution in [1.82, 2.24) is 0 Å². The van der Waals surface area contributed by atoms with Crippen molar-refractivity contribution >= 4 is 14.3 Å². The van der Waals surface area contributed by atoms with Crippen molar-refractivity contribution in [3.8, 4) is 0 Å². The zero-order valence-corrected chi connectivity index (χ0v) is 7.22. The van der Waals surface area contributed by atoms with E-state index in [2.05, 4.69) is 13.1 Å². The zero-order chi connectivity index (χ0) is 7.61. The van der Waals surface area contributed by atoms with E-state index in [0.29, 0.717) is 6.42 Å². The fraction of sp³-hybridized carbons (Fsp3) is 0.571. The first kappa shape index (κ1) is 7.53. The standard InChI is InChI=1S/C7H12O2Si/c1-3-5-10(2)6-4-7(8)9-10/h3H,1,4-6H2,2H3. The number of hydrogen-bond donors (Lipinski definition) is 0. The lowest BCUT2D eigenvalue weighted by molar-refractivity contribution is -0.132. The molecule has 1 aliphatic rings. The molecule has 0 bridgehead atoms. The van der Waals surface area contributed by atoms with Gasteiger partial charge in [0, 0.05) is 6.42 Å². The summed E-state index contributed by atoms with van der Waals surface area (Å²) >= 11 is 0. The van der Waals surface area contributed by atoms with Crippen LogP contribution in [0.15, 0.2) is 12.7 Å². The predicted molar refractivity (Wildman–Crippen MR) is 42.1 cm³/mol. The molecule has 0 amide bonds. The Morgan fingerprint density at radius 1 is 1.90 bits per heavy atom. The Kier molecular flexibility index (Phi) is 1.94. The largest absolute Gasteiger partial charge is 0.519 e. The first-order valence-corrected chi connectivity index (χ1v) is 6.31. The lowest BCUT2D eigenvalue weighted by Crippen LogP contribution is -2.28. The van der Waals surface area contributed by atoms with Crippen molar-refractivity contribution in [2.24, 2.45) is 0 Å². The summed E-state index contributed by atoms with van der Waals surface area (Å²) in [5.74, 6) is -0.0176. The van der Waals surface area contributed by atoms with E-state index in [-0.39, 0.29) is 5.97 Å². The van der Waals surface area contributed by atoms with E-state index < -0.39 is 8.32 Å². The van der Waals surface area contributed by atoms with Gasteiger partial charge in [-0.15, -0.1) is 6.58 Å². The molecule has 0 aromatic heterocycles. The van der Waals surface area contributed by atoms with E-state index >= 15 is 0 Å². The molecule has 3 heteroatoms. The van der Waals surface area contributed by atoms with Crippen LogP contribution in [0.1, 0.15) is 6.42 Å². The number of hydrogen-bond acceptors (Lipinski definition) is 2. The monoisotopic (exact) mass is 156 g/mol. The highest BCUT2D eigenvalue weighted by atomic mass is 28.4. The van der Waals surface area contributed by atoms with Crippen LogP contribution in [0.2, 0.25) is 18.6 Å². The Morgan fingerprint density at radius 3 is 3.00 bits per heavy atom. The molecule has 1 unspecified atom stereocenters. The molecule has 10 heavy (non-hydrogen) atoms. The molecule has 1 rings (SSSR count). The van der Waals surface area contributed by atoms with E-state index in [1.807, 2.05) is 6.08 Å². The molecule has 0 saturated carbocycles. The molecule has 1 fully saturated rings. The van der Waals surface area contributed by atoms with Crippen molar-refractivity contribution in [3.05, 3.63) is 12.7 Å². The Hall–Kier alpha value is -0.573. The van der Waals surface area contributed by atoms with Crippen LogP contribution in [0.5, 0.6) is 0 Å². The van der Waals surface area contributed by atoms with Gasteiger partial charge in [-0.1, -0.05) is 6.08 Å². The van der Waals surface area contributed by atoms with Crippen LogP contribution < -0.4 is 0 Å². The normalized spacial score (nSPS) is 31.9. The topological polar surface area (TPSA) is 26.3 Å². The second-order valence-corrected chi connectivity index (χ2v) is 6.93. The second kappa shape index (κ2) is 2.58. The number of carbonyl (C=O) groups excluding carboxylic acids is 1. The van der Waals surface area contributed by atoms with Gasteiger partial charge in [-0.3, -0.25) is 4.79 Å². The van der Waals surface area contributed by atoms with Gasteiger partial charge >= 0.3 is 0 Å². The third-order valence-corrected chi connectivity index (χ3v) is 4.97. The summed E-state index contributed by atoms with van der Waals surface area (Å²) in [4.78, 5) is 10.7. The first-order valence-electron chi connectivity index (χ1n) is 3.49. The van der Waals surface area contributed by atoms with Gasteiger partial charge in [-0.05, 0) is 18.6 Å². The smallest absolute Gasteiger partial charge is 0.292 e. The minimum Gasteiger partial charge on any atom is -0.519 e. The molecule has 0 aromatic carbocycles. The Labute approximate surface area is 62.0 Å². The molecule has 0 aromatic rings. The van der Waals surface area contributed by atoms with Gasteiger partial charge in [-0.25, -0.2) is 0 Å². The Balaban J connectivity index is 2.53. The summed E-state index contributed by atoms with van der Waals surface area (Å²) in [5, 5.41) is 0. The maximum atomic E-state index is 10.7. The SMILES string of the molecule is C=CC[Si]1(C)CCC(=O)O1. The van der Waals surface area contributed by atoms with Crippen LogP contribution in [0.25, 0.3) is 0 Å². The Bertz CT molecular complexity index is 167. The van der Waals surface area contributed by atoms with Gasteiger partial charge in [0.2, 0.25) is 0 Å². The van der Waals surface area contributed by atoms with Crippen LogP contribution in [0.3, 0.4) is 0 Å². The summed E-state index contributed by atoms with van der Waals surface area (Å²) in [6.07, 6.45) is 2.47. The number of carbonyl (C=O) groups is 1. The van der Waals surface area contributed by atoms with Crippen molar-refractivity contribution in [2.45, 2.75) is 25.1 Å². The van der Waals surface area contributed by atoms with E-state index in [1.165, 1.54) is 0 Å². The Morgan fingerprint density at radius 2 is 2.60 bits per heavy atom. The van der Waals surface area contributed by atoms with Crippen molar-refractivity contribution in [3.63, 3.8) is 0 Å². The van der Waals surface area contributed by atoms with Crippen LogP contribution in [0.4, 0.5) is 0 Å². The summed E-state index contributed by atoms with van der Waals surface area (Å²) in [5.41, 5.74) is 0. The second-order valence-electron chi connectivity index (χ2n) is 2.92. The average molecular weight is 156 g/mol. The molecule has 2 nitrogen and oxygen atoms in total. The summed E-state index contributed by atoms with van der Waals surface area (Å²) < 4.78 is 5.22. The van der Waals surface area contributed by atoms with E-state index in [4.69, 9.17) is 4.43 Å². The van der Waals surface area contributed by atoms with Crippen LogP contribution in [-0.2, 0) is 9.22 Å². The molecule has 1 aliphatic heterocycles. The molecule has 0 spiro atoms. The zero-order valence-electron chi connectivity index (χ0n) is 6.22. The van der Waals surface area contributed by atoms with Crippen molar-refractivity contribution in [1.29, 1.82) is 0 Å². The fourth-order valence-corrected chi connectivity index (χ4v) is 3.58. The van der Waals surface area contributed by atoms with Gasteiger partial charge in [0.15, 0.2) is 0 Å². The highest BCUT2D eigenvalue weighted by Crippen LogP contribution is 2.26. The van der Waals surface area contributed by atoms with Crippen molar-refractivity contribution in [2.75, 3.05) is 0 Å².